The molecule has 3 aromatic carbocycles. The summed E-state index contributed by atoms with van der Waals surface area (Å²) < 4.78 is 0. The molecule has 0 aromatic heterocycles. The first-order chi connectivity index (χ1) is 17.6. The van der Waals surface area contributed by atoms with Crippen LogP contribution in [0.3, 0.4) is 0 Å². The number of rotatable bonds is 7. The van der Waals surface area contributed by atoms with Crippen LogP contribution in [0.15, 0.2) is 83.8 Å². The van der Waals surface area contributed by atoms with Gasteiger partial charge in [0.05, 0.1) is 0 Å². The SMILES string of the molecule is Cc1cc(CN2CCN(C3CCCC(Cc4ccccc4)(Cc4ccccc4)CC3)CC2)ccc1S. The number of thiol groups is 1. The second-order valence-electron chi connectivity index (χ2n) is 11.3. The van der Waals surface area contributed by atoms with Crippen molar-refractivity contribution in [3.8, 4) is 0 Å². The molecule has 2 aliphatic rings. The molecule has 5 rings (SSSR count). The first-order valence-electron chi connectivity index (χ1n) is 13.9. The van der Waals surface area contributed by atoms with Crippen LogP contribution in [0.1, 0.15) is 54.4 Å². The zero-order valence-corrected chi connectivity index (χ0v) is 22.8. The van der Waals surface area contributed by atoms with Crippen molar-refractivity contribution in [2.45, 2.75) is 69.4 Å². The number of nitrogens with zero attached hydrogens (tertiary/aromatic N) is 2. The van der Waals surface area contributed by atoms with Crippen LogP contribution in [0.2, 0.25) is 0 Å². The van der Waals surface area contributed by atoms with Gasteiger partial charge in [0.2, 0.25) is 0 Å². The molecule has 0 radical (unpaired) electrons. The fourth-order valence-electron chi connectivity index (χ4n) is 6.65. The number of piperazine rings is 1. The first kappa shape index (κ1) is 25.6. The summed E-state index contributed by atoms with van der Waals surface area (Å²) in [6.45, 7) is 7.99. The zero-order valence-electron chi connectivity index (χ0n) is 21.9. The number of hydrogen-bond acceptors (Lipinski definition) is 3. The third kappa shape index (κ3) is 6.62. The molecule has 1 heterocycles. The van der Waals surface area contributed by atoms with E-state index in [9.17, 15) is 0 Å². The van der Waals surface area contributed by atoms with E-state index in [1.54, 1.807) is 0 Å². The molecule has 1 unspecified atom stereocenters. The van der Waals surface area contributed by atoms with Gasteiger partial charge in [0.1, 0.15) is 0 Å². The molecule has 1 aliphatic carbocycles. The molecular weight excluding hydrogens is 456 g/mol. The Morgan fingerprint density at radius 3 is 2.00 bits per heavy atom. The molecule has 3 aromatic rings. The van der Waals surface area contributed by atoms with Crippen LogP contribution in [0.5, 0.6) is 0 Å². The molecule has 0 bridgehead atoms. The van der Waals surface area contributed by atoms with Crippen LogP contribution in [-0.4, -0.2) is 42.0 Å². The Balaban J connectivity index is 1.21. The summed E-state index contributed by atoms with van der Waals surface area (Å²) in [5, 5.41) is 0. The number of benzene rings is 3. The fraction of sp³-hybridized carbons (Fsp3) is 0.455. The molecule has 36 heavy (non-hydrogen) atoms. The van der Waals surface area contributed by atoms with Crippen molar-refractivity contribution >= 4 is 12.6 Å². The predicted molar refractivity (Wildman–Crippen MR) is 155 cm³/mol. The third-order valence-electron chi connectivity index (χ3n) is 8.69. The van der Waals surface area contributed by atoms with E-state index in [0.29, 0.717) is 5.41 Å². The summed E-state index contributed by atoms with van der Waals surface area (Å²) in [7, 11) is 0. The highest BCUT2D eigenvalue weighted by atomic mass is 32.1. The average Bonchev–Trinajstić information content (AvgIpc) is 3.10. The van der Waals surface area contributed by atoms with Gasteiger partial charge in [-0.05, 0) is 79.2 Å². The summed E-state index contributed by atoms with van der Waals surface area (Å²) >= 11 is 4.54. The molecule has 1 aliphatic heterocycles. The quantitative estimate of drug-likeness (QED) is 0.272. The molecule has 2 nitrogen and oxygen atoms in total. The lowest BCUT2D eigenvalue weighted by molar-refractivity contribution is 0.0830. The van der Waals surface area contributed by atoms with E-state index in [1.165, 1.54) is 93.4 Å². The van der Waals surface area contributed by atoms with E-state index in [1.807, 2.05) is 0 Å². The maximum atomic E-state index is 4.54. The minimum Gasteiger partial charge on any atom is -0.298 e. The Labute approximate surface area is 224 Å². The average molecular weight is 499 g/mol. The Morgan fingerprint density at radius 2 is 1.39 bits per heavy atom. The van der Waals surface area contributed by atoms with Crippen LogP contribution in [0.4, 0.5) is 0 Å². The van der Waals surface area contributed by atoms with Crippen LogP contribution in [0.25, 0.3) is 0 Å². The van der Waals surface area contributed by atoms with Crippen LogP contribution < -0.4 is 0 Å². The van der Waals surface area contributed by atoms with Crippen molar-refractivity contribution in [3.63, 3.8) is 0 Å². The number of aryl methyl sites for hydroxylation is 1. The molecule has 2 fully saturated rings. The molecule has 3 heteroatoms. The molecule has 190 valence electrons. The maximum absolute atomic E-state index is 4.54. The lowest BCUT2D eigenvalue weighted by atomic mass is 9.71. The van der Waals surface area contributed by atoms with Crippen LogP contribution >= 0.6 is 12.6 Å². The normalized spacial score (nSPS) is 21.2. The Morgan fingerprint density at radius 1 is 0.750 bits per heavy atom. The summed E-state index contributed by atoms with van der Waals surface area (Å²) in [6, 6.07) is 29.9. The van der Waals surface area contributed by atoms with Gasteiger partial charge in [-0.25, -0.2) is 0 Å². The van der Waals surface area contributed by atoms with Gasteiger partial charge in [-0.15, -0.1) is 12.6 Å². The molecule has 0 amide bonds. The predicted octanol–water partition coefficient (Wildman–Crippen LogP) is 7.21. The Bertz CT molecular complexity index is 1050. The molecule has 0 spiro atoms. The molecule has 1 saturated heterocycles. The van der Waals surface area contributed by atoms with Crippen molar-refractivity contribution in [2.75, 3.05) is 26.2 Å². The highest BCUT2D eigenvalue weighted by Crippen LogP contribution is 2.42. The maximum Gasteiger partial charge on any atom is 0.0234 e. The topological polar surface area (TPSA) is 6.48 Å². The van der Waals surface area contributed by atoms with Gasteiger partial charge in [0, 0.05) is 43.7 Å². The molecular formula is C33H42N2S. The van der Waals surface area contributed by atoms with Gasteiger partial charge in [0.15, 0.2) is 0 Å². The molecule has 0 N–H and O–H groups in total. The van der Waals surface area contributed by atoms with Gasteiger partial charge in [-0.3, -0.25) is 9.80 Å². The summed E-state index contributed by atoms with van der Waals surface area (Å²) in [5.41, 5.74) is 6.07. The van der Waals surface area contributed by atoms with Crippen molar-refractivity contribution < 1.29 is 0 Å². The summed E-state index contributed by atoms with van der Waals surface area (Å²) in [6.07, 6.45) is 9.11. The Hall–Kier alpha value is -2.07. The Kier molecular flexibility index (Phi) is 8.51. The standard InChI is InChI=1S/C33H42N2S/c1-27-23-30(14-15-32(27)36)26-34-19-21-35(22-20-34)31-13-8-17-33(18-16-31,24-28-9-4-2-5-10-28)25-29-11-6-3-7-12-29/h2-7,9-12,14-15,23,31,36H,8,13,16-22,24-26H2,1H3. The van der Waals surface area contributed by atoms with Crippen molar-refractivity contribution in [1.82, 2.24) is 9.80 Å². The minimum atomic E-state index is 0.371. The van der Waals surface area contributed by atoms with Gasteiger partial charge >= 0.3 is 0 Å². The van der Waals surface area contributed by atoms with Crippen molar-refractivity contribution in [3.05, 3.63) is 101 Å². The monoisotopic (exact) mass is 498 g/mol. The van der Waals surface area contributed by atoms with Crippen molar-refractivity contribution in [2.24, 2.45) is 5.41 Å². The van der Waals surface area contributed by atoms with E-state index >= 15 is 0 Å². The fourth-order valence-corrected chi connectivity index (χ4v) is 6.79. The summed E-state index contributed by atoms with van der Waals surface area (Å²) in [4.78, 5) is 6.54. The summed E-state index contributed by atoms with van der Waals surface area (Å²) in [5.74, 6) is 0. The largest absolute Gasteiger partial charge is 0.298 e. The first-order valence-corrected chi connectivity index (χ1v) is 14.4. The highest BCUT2D eigenvalue weighted by Gasteiger charge is 2.35. The van der Waals surface area contributed by atoms with E-state index in [-0.39, 0.29) is 0 Å². The van der Waals surface area contributed by atoms with Gasteiger partial charge in [-0.2, -0.15) is 0 Å². The van der Waals surface area contributed by atoms with E-state index < -0.39 is 0 Å². The van der Waals surface area contributed by atoms with Crippen molar-refractivity contribution in [1.29, 1.82) is 0 Å². The van der Waals surface area contributed by atoms with Gasteiger partial charge in [-0.1, -0.05) is 79.2 Å². The van der Waals surface area contributed by atoms with Gasteiger partial charge < -0.3 is 0 Å². The van der Waals surface area contributed by atoms with E-state index in [0.717, 1.165) is 17.5 Å². The van der Waals surface area contributed by atoms with Crippen LogP contribution in [-0.2, 0) is 19.4 Å². The lowest BCUT2D eigenvalue weighted by Gasteiger charge is -2.39. The molecule has 1 saturated carbocycles. The number of hydrogen-bond donors (Lipinski definition) is 1. The highest BCUT2D eigenvalue weighted by molar-refractivity contribution is 7.80. The third-order valence-corrected chi connectivity index (χ3v) is 9.19. The lowest BCUT2D eigenvalue weighted by Crippen LogP contribution is -2.49. The second-order valence-corrected chi connectivity index (χ2v) is 11.8. The van der Waals surface area contributed by atoms with Crippen LogP contribution in [0, 0.1) is 12.3 Å². The smallest absolute Gasteiger partial charge is 0.0234 e. The second kappa shape index (κ2) is 12.0. The van der Waals surface area contributed by atoms with E-state index in [2.05, 4.69) is 108 Å². The minimum absolute atomic E-state index is 0.371. The van der Waals surface area contributed by atoms with Gasteiger partial charge in [0.25, 0.3) is 0 Å². The zero-order chi connectivity index (χ0) is 24.8. The molecule has 1 atom stereocenters. The van der Waals surface area contributed by atoms with E-state index in [4.69, 9.17) is 0 Å².